The van der Waals surface area contributed by atoms with Crippen LogP contribution in [0.1, 0.15) is 24.8 Å². The lowest BCUT2D eigenvalue weighted by atomic mass is 9.94. The van der Waals surface area contributed by atoms with Crippen LogP contribution in [0.15, 0.2) is 54.9 Å². The van der Waals surface area contributed by atoms with Crippen LogP contribution in [0, 0.1) is 5.92 Å². The number of rotatable bonds is 4. The third kappa shape index (κ3) is 3.40. The lowest BCUT2D eigenvalue weighted by Crippen LogP contribution is -2.30. The summed E-state index contributed by atoms with van der Waals surface area (Å²) >= 11 is 0. The molecule has 1 aliphatic carbocycles. The third-order valence-corrected chi connectivity index (χ3v) is 3.76. The van der Waals surface area contributed by atoms with Crippen molar-refractivity contribution in [1.82, 2.24) is 15.1 Å². The molecule has 0 saturated carbocycles. The molecule has 0 aliphatic heterocycles. The molecule has 0 saturated heterocycles. The molecule has 108 valence electrons. The van der Waals surface area contributed by atoms with Crippen LogP contribution in [0.2, 0.25) is 0 Å². The van der Waals surface area contributed by atoms with E-state index in [0.717, 1.165) is 30.5 Å². The zero-order chi connectivity index (χ0) is 14.5. The van der Waals surface area contributed by atoms with Gasteiger partial charge in [0.1, 0.15) is 0 Å². The molecule has 1 aromatic heterocycles. The molecule has 1 aromatic carbocycles. The summed E-state index contributed by atoms with van der Waals surface area (Å²) in [7, 11) is 0. The predicted molar refractivity (Wildman–Crippen MR) is 81.9 cm³/mol. The number of para-hydroxylation sites is 1. The highest BCUT2D eigenvalue weighted by Gasteiger charge is 2.18. The van der Waals surface area contributed by atoms with Crippen LogP contribution in [0.5, 0.6) is 0 Å². The van der Waals surface area contributed by atoms with E-state index in [1.165, 1.54) is 0 Å². The van der Waals surface area contributed by atoms with Gasteiger partial charge in [0.05, 0.1) is 11.9 Å². The Morgan fingerprint density at radius 1 is 1.29 bits per heavy atom. The largest absolute Gasteiger partial charge is 0.352 e. The minimum absolute atomic E-state index is 0.124. The Bertz CT molecular complexity index is 630. The first-order chi connectivity index (χ1) is 10.3. The van der Waals surface area contributed by atoms with Gasteiger partial charge in [0.15, 0.2) is 0 Å². The Labute approximate surface area is 124 Å². The van der Waals surface area contributed by atoms with Crippen LogP contribution in [-0.2, 0) is 11.3 Å². The van der Waals surface area contributed by atoms with Crippen molar-refractivity contribution < 1.29 is 4.79 Å². The number of benzene rings is 1. The molecule has 0 bridgehead atoms. The quantitative estimate of drug-likeness (QED) is 0.876. The minimum Gasteiger partial charge on any atom is -0.352 e. The summed E-state index contributed by atoms with van der Waals surface area (Å²) in [6.07, 6.45) is 10.8. The summed E-state index contributed by atoms with van der Waals surface area (Å²) in [5, 5.41) is 7.34. The topological polar surface area (TPSA) is 46.9 Å². The van der Waals surface area contributed by atoms with Crippen molar-refractivity contribution in [3.05, 3.63) is 60.4 Å². The molecule has 0 spiro atoms. The zero-order valence-electron chi connectivity index (χ0n) is 11.9. The average molecular weight is 281 g/mol. The maximum absolute atomic E-state index is 12.1. The van der Waals surface area contributed by atoms with Crippen molar-refractivity contribution in [2.75, 3.05) is 0 Å². The summed E-state index contributed by atoms with van der Waals surface area (Å²) < 4.78 is 1.82. The van der Waals surface area contributed by atoms with Crippen LogP contribution in [0.25, 0.3) is 5.69 Å². The molecule has 1 N–H and O–H groups in total. The van der Waals surface area contributed by atoms with Gasteiger partial charge in [-0.3, -0.25) is 4.79 Å². The summed E-state index contributed by atoms with van der Waals surface area (Å²) in [6, 6.07) is 9.95. The number of carbonyl (C=O) groups is 1. The first-order valence-corrected chi connectivity index (χ1v) is 7.34. The lowest BCUT2D eigenvalue weighted by molar-refractivity contribution is -0.125. The monoisotopic (exact) mass is 281 g/mol. The summed E-state index contributed by atoms with van der Waals surface area (Å²) in [6.45, 7) is 0.534. The number of amides is 1. The van der Waals surface area contributed by atoms with E-state index in [1.807, 2.05) is 41.2 Å². The molecule has 4 nitrogen and oxygen atoms in total. The smallest absolute Gasteiger partial charge is 0.223 e. The SMILES string of the molecule is O=C(NCc1cnn(-c2ccccc2)c1)[C@@H]1CC=CCC1. The van der Waals surface area contributed by atoms with E-state index in [2.05, 4.69) is 22.6 Å². The number of hydrogen-bond donors (Lipinski definition) is 1. The Morgan fingerprint density at radius 3 is 2.90 bits per heavy atom. The Balaban J connectivity index is 1.58. The van der Waals surface area contributed by atoms with Gasteiger partial charge in [-0.25, -0.2) is 4.68 Å². The zero-order valence-corrected chi connectivity index (χ0v) is 11.9. The van der Waals surface area contributed by atoms with Gasteiger partial charge in [0.2, 0.25) is 5.91 Å². The fourth-order valence-electron chi connectivity index (χ4n) is 2.54. The van der Waals surface area contributed by atoms with Crippen LogP contribution < -0.4 is 5.32 Å². The molecule has 1 atom stereocenters. The molecule has 1 aliphatic rings. The number of allylic oxidation sites excluding steroid dienone is 2. The molecule has 0 unspecified atom stereocenters. The highest BCUT2D eigenvalue weighted by molar-refractivity contribution is 5.78. The maximum atomic E-state index is 12.1. The fourth-order valence-corrected chi connectivity index (χ4v) is 2.54. The highest BCUT2D eigenvalue weighted by Crippen LogP contribution is 2.18. The van der Waals surface area contributed by atoms with Crippen molar-refractivity contribution in [2.24, 2.45) is 5.92 Å². The molecule has 1 heterocycles. The van der Waals surface area contributed by atoms with Gasteiger partial charge in [0.25, 0.3) is 0 Å². The van der Waals surface area contributed by atoms with Gasteiger partial charge in [-0.15, -0.1) is 0 Å². The van der Waals surface area contributed by atoms with E-state index in [9.17, 15) is 4.79 Å². The van der Waals surface area contributed by atoms with Crippen LogP contribution in [0.3, 0.4) is 0 Å². The normalized spacial score (nSPS) is 17.6. The number of hydrogen-bond acceptors (Lipinski definition) is 2. The predicted octanol–water partition coefficient (Wildman–Crippen LogP) is 2.84. The van der Waals surface area contributed by atoms with Crippen molar-refractivity contribution >= 4 is 5.91 Å². The Kier molecular flexibility index (Phi) is 4.15. The molecule has 1 amide bonds. The second kappa shape index (κ2) is 6.39. The van der Waals surface area contributed by atoms with Gasteiger partial charge >= 0.3 is 0 Å². The Hall–Kier alpha value is -2.36. The first kappa shape index (κ1) is 13.6. The van der Waals surface area contributed by atoms with E-state index in [1.54, 1.807) is 6.20 Å². The maximum Gasteiger partial charge on any atom is 0.223 e. The van der Waals surface area contributed by atoms with Crippen LogP contribution in [0.4, 0.5) is 0 Å². The highest BCUT2D eigenvalue weighted by atomic mass is 16.1. The van der Waals surface area contributed by atoms with Gasteiger partial charge in [-0.2, -0.15) is 5.10 Å². The number of aromatic nitrogens is 2. The average Bonchev–Trinajstić information content (AvgIpc) is 3.03. The van der Waals surface area contributed by atoms with E-state index >= 15 is 0 Å². The molecule has 4 heteroatoms. The van der Waals surface area contributed by atoms with Crippen molar-refractivity contribution in [3.63, 3.8) is 0 Å². The second-order valence-electron chi connectivity index (χ2n) is 5.33. The summed E-state index contributed by atoms with van der Waals surface area (Å²) in [4.78, 5) is 12.1. The Morgan fingerprint density at radius 2 is 2.14 bits per heavy atom. The van der Waals surface area contributed by atoms with Crippen LogP contribution in [-0.4, -0.2) is 15.7 Å². The standard InChI is InChI=1S/C17H19N3O/c21-17(15-7-3-1-4-8-15)18-11-14-12-19-20(13-14)16-9-5-2-6-10-16/h1-3,5-6,9-10,12-13,15H,4,7-8,11H2,(H,18,21)/t15-/m1/s1. The van der Waals surface area contributed by atoms with Crippen molar-refractivity contribution in [3.8, 4) is 5.69 Å². The van der Waals surface area contributed by atoms with Crippen molar-refractivity contribution in [2.45, 2.75) is 25.8 Å². The van der Waals surface area contributed by atoms with Gasteiger partial charge in [-0.05, 0) is 31.4 Å². The van der Waals surface area contributed by atoms with Gasteiger partial charge in [-0.1, -0.05) is 30.4 Å². The second-order valence-corrected chi connectivity index (χ2v) is 5.33. The van der Waals surface area contributed by atoms with E-state index in [4.69, 9.17) is 0 Å². The number of carbonyl (C=O) groups excluding carboxylic acids is 1. The van der Waals surface area contributed by atoms with E-state index < -0.39 is 0 Å². The summed E-state index contributed by atoms with van der Waals surface area (Å²) in [5.41, 5.74) is 2.03. The molecule has 0 fully saturated rings. The molecular weight excluding hydrogens is 262 g/mol. The molecule has 2 aromatic rings. The van der Waals surface area contributed by atoms with Crippen molar-refractivity contribution in [1.29, 1.82) is 0 Å². The van der Waals surface area contributed by atoms with E-state index in [-0.39, 0.29) is 11.8 Å². The number of nitrogens with one attached hydrogen (secondary N) is 1. The molecule has 21 heavy (non-hydrogen) atoms. The van der Waals surface area contributed by atoms with E-state index in [0.29, 0.717) is 6.54 Å². The molecule has 0 radical (unpaired) electrons. The third-order valence-electron chi connectivity index (χ3n) is 3.76. The number of nitrogens with zero attached hydrogens (tertiary/aromatic N) is 2. The fraction of sp³-hybridized carbons (Fsp3) is 0.294. The molecule has 3 rings (SSSR count). The first-order valence-electron chi connectivity index (χ1n) is 7.34. The lowest BCUT2D eigenvalue weighted by Gasteiger charge is -2.16. The van der Waals surface area contributed by atoms with Gasteiger partial charge < -0.3 is 5.32 Å². The minimum atomic E-state index is 0.124. The van der Waals surface area contributed by atoms with Gasteiger partial charge in [0, 0.05) is 24.2 Å². The summed E-state index contributed by atoms with van der Waals surface area (Å²) in [5.74, 6) is 0.269. The molecular formula is C17H19N3O. The van der Waals surface area contributed by atoms with Crippen LogP contribution >= 0.6 is 0 Å².